The summed E-state index contributed by atoms with van der Waals surface area (Å²) in [4.78, 5) is 15.7. The largest absolute Gasteiger partial charge is 0.573 e. The van der Waals surface area contributed by atoms with Crippen molar-refractivity contribution >= 4 is 5.97 Å². The highest BCUT2D eigenvalue weighted by molar-refractivity contribution is 5.90. The van der Waals surface area contributed by atoms with Crippen LogP contribution in [0.1, 0.15) is 35.8 Å². The van der Waals surface area contributed by atoms with E-state index in [1.54, 1.807) is 0 Å². The van der Waals surface area contributed by atoms with Gasteiger partial charge in [0.15, 0.2) is 11.5 Å². The Morgan fingerprint density at radius 1 is 1.19 bits per heavy atom. The summed E-state index contributed by atoms with van der Waals surface area (Å²) in [5.74, 6) is -1.67. The number of rotatable bonds is 6. The Morgan fingerprint density at radius 3 is 2.44 bits per heavy atom. The Hall–Kier alpha value is -2.97. The minimum atomic E-state index is -4.84. The van der Waals surface area contributed by atoms with Gasteiger partial charge in [-0.25, -0.2) is 4.79 Å². The van der Waals surface area contributed by atoms with Gasteiger partial charge < -0.3 is 19.3 Å². The van der Waals surface area contributed by atoms with Crippen molar-refractivity contribution in [1.82, 2.24) is 4.98 Å². The number of nitrogens with zero attached hydrogens (tertiary/aromatic N) is 1. The van der Waals surface area contributed by atoms with E-state index in [0.717, 1.165) is 25.0 Å². The van der Waals surface area contributed by atoms with Crippen LogP contribution in [0, 0.1) is 0 Å². The SMILES string of the molecule is COc1cc(OC(F)(F)F)ccc1Oc1cc(C2(C)CC2)ncc1C(=O)O. The molecule has 1 aromatic heterocycles. The average molecular weight is 383 g/mol. The van der Waals surface area contributed by atoms with Gasteiger partial charge in [0, 0.05) is 29.4 Å². The van der Waals surface area contributed by atoms with Crippen LogP contribution in [-0.4, -0.2) is 29.5 Å². The highest BCUT2D eigenvalue weighted by Crippen LogP contribution is 2.48. The minimum absolute atomic E-state index is 0.0309. The summed E-state index contributed by atoms with van der Waals surface area (Å²) in [6, 6.07) is 4.81. The Morgan fingerprint density at radius 2 is 1.89 bits per heavy atom. The van der Waals surface area contributed by atoms with Crippen LogP contribution in [0.4, 0.5) is 13.2 Å². The Balaban J connectivity index is 1.95. The van der Waals surface area contributed by atoms with E-state index in [1.165, 1.54) is 25.4 Å². The van der Waals surface area contributed by atoms with E-state index in [1.807, 2.05) is 6.92 Å². The molecular weight excluding hydrogens is 367 g/mol. The topological polar surface area (TPSA) is 77.9 Å². The Kier molecular flexibility index (Phi) is 4.63. The fraction of sp³-hybridized carbons (Fsp3) is 0.333. The number of hydrogen-bond donors (Lipinski definition) is 1. The van der Waals surface area contributed by atoms with Gasteiger partial charge in [-0.3, -0.25) is 4.98 Å². The summed E-state index contributed by atoms with van der Waals surface area (Å²) in [7, 11) is 1.25. The number of benzene rings is 1. The van der Waals surface area contributed by atoms with Crippen LogP contribution in [0.5, 0.6) is 23.0 Å². The zero-order valence-corrected chi connectivity index (χ0v) is 14.5. The molecule has 3 rings (SSSR count). The number of methoxy groups -OCH3 is 1. The third kappa shape index (κ3) is 4.24. The van der Waals surface area contributed by atoms with E-state index in [9.17, 15) is 23.1 Å². The molecule has 1 heterocycles. The second kappa shape index (κ2) is 6.64. The quantitative estimate of drug-likeness (QED) is 0.790. The van der Waals surface area contributed by atoms with Crippen molar-refractivity contribution in [3.05, 3.63) is 41.7 Å². The van der Waals surface area contributed by atoms with E-state index in [4.69, 9.17) is 9.47 Å². The standard InChI is InChI=1S/C18H16F3NO5/c1-17(5-6-17)15-8-13(11(9-22-15)16(23)24)26-12-4-3-10(7-14(12)25-2)27-18(19,20)21/h3-4,7-9H,5-6H2,1-2H3,(H,23,24). The molecule has 0 atom stereocenters. The predicted molar refractivity (Wildman–Crippen MR) is 87.5 cm³/mol. The summed E-state index contributed by atoms with van der Waals surface area (Å²) in [5.41, 5.74) is 0.406. The molecule has 0 spiro atoms. The number of pyridine rings is 1. The first-order chi connectivity index (χ1) is 12.6. The Labute approximate surface area is 152 Å². The maximum Gasteiger partial charge on any atom is 0.573 e. The van der Waals surface area contributed by atoms with Gasteiger partial charge in [0.2, 0.25) is 0 Å². The van der Waals surface area contributed by atoms with E-state index in [2.05, 4.69) is 9.72 Å². The van der Waals surface area contributed by atoms with E-state index in [-0.39, 0.29) is 28.2 Å². The van der Waals surface area contributed by atoms with Crippen molar-refractivity contribution in [2.24, 2.45) is 0 Å². The highest BCUT2D eigenvalue weighted by Gasteiger charge is 2.41. The molecule has 27 heavy (non-hydrogen) atoms. The number of alkyl halides is 3. The molecule has 0 unspecified atom stereocenters. The minimum Gasteiger partial charge on any atom is -0.493 e. The first-order valence-electron chi connectivity index (χ1n) is 7.97. The predicted octanol–water partition coefficient (Wildman–Crippen LogP) is 4.53. The highest BCUT2D eigenvalue weighted by atomic mass is 19.4. The molecule has 1 N–H and O–H groups in total. The number of hydrogen-bond acceptors (Lipinski definition) is 5. The van der Waals surface area contributed by atoms with Gasteiger partial charge in [-0.05, 0) is 25.0 Å². The number of carbonyl (C=O) groups is 1. The third-order valence-corrected chi connectivity index (χ3v) is 4.30. The first-order valence-corrected chi connectivity index (χ1v) is 7.97. The van der Waals surface area contributed by atoms with Gasteiger partial charge in [0.1, 0.15) is 17.1 Å². The normalized spacial score (nSPS) is 15.1. The average Bonchev–Trinajstić information content (AvgIpc) is 3.33. The first kappa shape index (κ1) is 18.8. The molecule has 0 aliphatic heterocycles. The molecular formula is C18H16F3NO5. The van der Waals surface area contributed by atoms with Gasteiger partial charge in [-0.2, -0.15) is 0 Å². The van der Waals surface area contributed by atoms with E-state index in [0.29, 0.717) is 5.69 Å². The second-order valence-corrected chi connectivity index (χ2v) is 6.39. The van der Waals surface area contributed by atoms with Crippen LogP contribution in [-0.2, 0) is 5.41 Å². The van der Waals surface area contributed by atoms with Gasteiger partial charge >= 0.3 is 12.3 Å². The summed E-state index contributed by atoms with van der Waals surface area (Å²) in [6.45, 7) is 2.00. The van der Waals surface area contributed by atoms with Crippen molar-refractivity contribution in [1.29, 1.82) is 0 Å². The molecule has 0 saturated heterocycles. The molecule has 9 heteroatoms. The number of carboxylic acids is 1. The lowest BCUT2D eigenvalue weighted by molar-refractivity contribution is -0.274. The van der Waals surface area contributed by atoms with E-state index >= 15 is 0 Å². The van der Waals surface area contributed by atoms with Crippen LogP contribution in [0.15, 0.2) is 30.5 Å². The number of carboxylic acid groups (broad SMARTS) is 1. The fourth-order valence-corrected chi connectivity index (χ4v) is 2.50. The molecule has 1 fully saturated rings. The molecule has 0 amide bonds. The van der Waals surface area contributed by atoms with E-state index < -0.39 is 18.1 Å². The van der Waals surface area contributed by atoms with Crippen molar-refractivity contribution < 1.29 is 37.3 Å². The summed E-state index contributed by atoms with van der Waals surface area (Å²) in [5, 5.41) is 9.35. The zero-order chi connectivity index (χ0) is 19.8. The summed E-state index contributed by atoms with van der Waals surface area (Å²) < 4.78 is 51.6. The molecule has 2 aromatic rings. The molecule has 144 valence electrons. The van der Waals surface area contributed by atoms with Crippen LogP contribution >= 0.6 is 0 Å². The van der Waals surface area contributed by atoms with Crippen LogP contribution in [0.2, 0.25) is 0 Å². The molecule has 0 radical (unpaired) electrons. The smallest absolute Gasteiger partial charge is 0.493 e. The number of ether oxygens (including phenoxy) is 3. The lowest BCUT2D eigenvalue weighted by atomic mass is 10.0. The van der Waals surface area contributed by atoms with Crippen molar-refractivity contribution in [2.45, 2.75) is 31.5 Å². The van der Waals surface area contributed by atoms with Crippen molar-refractivity contribution in [3.8, 4) is 23.0 Å². The molecule has 0 bridgehead atoms. The summed E-state index contributed by atoms with van der Waals surface area (Å²) >= 11 is 0. The third-order valence-electron chi connectivity index (χ3n) is 4.30. The zero-order valence-electron chi connectivity index (χ0n) is 14.5. The maximum absolute atomic E-state index is 12.4. The molecule has 6 nitrogen and oxygen atoms in total. The van der Waals surface area contributed by atoms with Gasteiger partial charge in [-0.15, -0.1) is 13.2 Å². The molecule has 1 aliphatic carbocycles. The maximum atomic E-state index is 12.4. The molecule has 1 aliphatic rings. The van der Waals surface area contributed by atoms with Crippen LogP contribution in [0.25, 0.3) is 0 Å². The van der Waals surface area contributed by atoms with Gasteiger partial charge in [0.25, 0.3) is 0 Å². The van der Waals surface area contributed by atoms with Gasteiger partial charge in [0.05, 0.1) is 7.11 Å². The van der Waals surface area contributed by atoms with Gasteiger partial charge in [-0.1, -0.05) is 6.92 Å². The number of aromatic nitrogens is 1. The Bertz CT molecular complexity index is 878. The van der Waals surface area contributed by atoms with Crippen LogP contribution < -0.4 is 14.2 Å². The van der Waals surface area contributed by atoms with Crippen molar-refractivity contribution in [3.63, 3.8) is 0 Å². The lowest BCUT2D eigenvalue weighted by Gasteiger charge is -2.16. The molecule has 1 saturated carbocycles. The van der Waals surface area contributed by atoms with Crippen molar-refractivity contribution in [2.75, 3.05) is 7.11 Å². The summed E-state index contributed by atoms with van der Waals surface area (Å²) in [6.07, 6.45) is -1.77. The van der Waals surface area contributed by atoms with Crippen LogP contribution in [0.3, 0.4) is 0 Å². The number of halogens is 3. The fourth-order valence-electron chi connectivity index (χ4n) is 2.50. The monoisotopic (exact) mass is 383 g/mol. The second-order valence-electron chi connectivity index (χ2n) is 6.39. The number of aromatic carboxylic acids is 1. The molecule has 1 aromatic carbocycles. The lowest BCUT2D eigenvalue weighted by Crippen LogP contribution is -2.17.